The first-order valence-electron chi connectivity index (χ1n) is 8.33. The first-order valence-corrected chi connectivity index (χ1v) is 8.33. The van der Waals surface area contributed by atoms with Crippen LogP contribution in [0.3, 0.4) is 0 Å². The van der Waals surface area contributed by atoms with Crippen molar-refractivity contribution in [1.29, 1.82) is 0 Å². The van der Waals surface area contributed by atoms with Crippen LogP contribution in [0.4, 0.5) is 5.69 Å². The van der Waals surface area contributed by atoms with Crippen LogP contribution < -0.4 is 5.32 Å². The fraction of sp³-hybridized carbons (Fsp3) is 0.421. The summed E-state index contributed by atoms with van der Waals surface area (Å²) in [6, 6.07) is 6.90. The Labute approximate surface area is 143 Å². The lowest BCUT2D eigenvalue weighted by Crippen LogP contribution is -2.16. The van der Waals surface area contributed by atoms with E-state index >= 15 is 0 Å². The Kier molecular flexibility index (Phi) is 5.54. The van der Waals surface area contributed by atoms with E-state index in [1.807, 2.05) is 13.8 Å². The molecule has 2 rings (SSSR count). The second-order valence-electron chi connectivity index (χ2n) is 6.44. The van der Waals surface area contributed by atoms with Gasteiger partial charge >= 0.3 is 0 Å². The Hall–Kier alpha value is -2.43. The van der Waals surface area contributed by atoms with E-state index in [1.165, 1.54) is 4.68 Å². The van der Waals surface area contributed by atoms with Crippen LogP contribution in [-0.4, -0.2) is 21.6 Å². The van der Waals surface area contributed by atoms with E-state index in [4.69, 9.17) is 0 Å². The predicted molar refractivity (Wildman–Crippen MR) is 95.3 cm³/mol. The van der Waals surface area contributed by atoms with Gasteiger partial charge in [0, 0.05) is 23.4 Å². The summed E-state index contributed by atoms with van der Waals surface area (Å²) in [7, 11) is 0. The van der Waals surface area contributed by atoms with Gasteiger partial charge in [0.1, 0.15) is 0 Å². The maximum absolute atomic E-state index is 12.7. The third-order valence-corrected chi connectivity index (χ3v) is 3.98. The minimum Gasteiger partial charge on any atom is -0.326 e. The first kappa shape index (κ1) is 17.9. The van der Waals surface area contributed by atoms with E-state index in [1.54, 1.807) is 31.2 Å². The van der Waals surface area contributed by atoms with Crippen LogP contribution >= 0.6 is 0 Å². The molecular weight excluding hydrogens is 302 g/mol. The van der Waals surface area contributed by atoms with Gasteiger partial charge in [-0.2, -0.15) is 5.10 Å². The Bertz CT molecular complexity index is 743. The minimum absolute atomic E-state index is 0.0500. The van der Waals surface area contributed by atoms with Crippen LogP contribution in [0.2, 0.25) is 0 Å². The van der Waals surface area contributed by atoms with E-state index < -0.39 is 0 Å². The molecule has 24 heavy (non-hydrogen) atoms. The van der Waals surface area contributed by atoms with Crippen LogP contribution in [0.1, 0.15) is 54.5 Å². The van der Waals surface area contributed by atoms with Crippen LogP contribution in [0.5, 0.6) is 0 Å². The molecule has 0 radical (unpaired) electrons. The molecule has 0 saturated carbocycles. The highest BCUT2D eigenvalue weighted by Gasteiger charge is 2.18. The SMILES string of the molecule is CCC(=O)Nc1ccc(C(=O)n2nc(C)c(CC(C)C)c2C)cc1. The van der Waals surface area contributed by atoms with Crippen LogP contribution in [0.15, 0.2) is 24.3 Å². The minimum atomic E-state index is -0.154. The molecule has 1 heterocycles. The van der Waals surface area contributed by atoms with Crippen molar-refractivity contribution in [2.75, 3.05) is 5.32 Å². The number of rotatable bonds is 5. The summed E-state index contributed by atoms with van der Waals surface area (Å²) in [5.74, 6) is 0.307. The molecule has 1 amide bonds. The Balaban J connectivity index is 2.24. The molecule has 128 valence electrons. The zero-order valence-corrected chi connectivity index (χ0v) is 15.0. The van der Waals surface area contributed by atoms with Crippen molar-refractivity contribution in [3.05, 3.63) is 46.8 Å². The van der Waals surface area contributed by atoms with Gasteiger partial charge in [-0.15, -0.1) is 0 Å². The summed E-state index contributed by atoms with van der Waals surface area (Å²) >= 11 is 0. The number of carbonyl (C=O) groups excluding carboxylic acids is 2. The number of benzene rings is 1. The van der Waals surface area contributed by atoms with Crippen molar-refractivity contribution in [2.24, 2.45) is 5.92 Å². The summed E-state index contributed by atoms with van der Waals surface area (Å²) in [5.41, 5.74) is 4.18. The maximum Gasteiger partial charge on any atom is 0.278 e. The van der Waals surface area contributed by atoms with Crippen molar-refractivity contribution >= 4 is 17.5 Å². The number of nitrogens with one attached hydrogen (secondary N) is 1. The van der Waals surface area contributed by atoms with Crippen LogP contribution in [0.25, 0.3) is 0 Å². The van der Waals surface area contributed by atoms with Crippen molar-refractivity contribution in [3.63, 3.8) is 0 Å². The zero-order chi connectivity index (χ0) is 17.9. The number of hydrogen-bond acceptors (Lipinski definition) is 3. The van der Waals surface area contributed by atoms with Gasteiger partial charge in [0.05, 0.1) is 5.69 Å². The molecule has 0 unspecified atom stereocenters. The normalized spacial score (nSPS) is 10.9. The van der Waals surface area contributed by atoms with Gasteiger partial charge in [-0.25, -0.2) is 4.68 Å². The molecular formula is C19H25N3O2. The third kappa shape index (κ3) is 3.91. The maximum atomic E-state index is 12.7. The van der Waals surface area contributed by atoms with Gasteiger partial charge in [-0.3, -0.25) is 9.59 Å². The van der Waals surface area contributed by atoms with Crippen molar-refractivity contribution < 1.29 is 9.59 Å². The molecule has 1 N–H and O–H groups in total. The smallest absolute Gasteiger partial charge is 0.278 e. The molecule has 1 aromatic heterocycles. The number of aryl methyl sites for hydroxylation is 1. The number of anilines is 1. The lowest BCUT2D eigenvalue weighted by atomic mass is 10.0. The van der Waals surface area contributed by atoms with E-state index in [0.29, 0.717) is 23.6 Å². The highest BCUT2D eigenvalue weighted by Crippen LogP contribution is 2.19. The van der Waals surface area contributed by atoms with Gasteiger partial charge in [0.2, 0.25) is 5.91 Å². The average Bonchev–Trinajstić information content (AvgIpc) is 2.82. The quantitative estimate of drug-likeness (QED) is 0.910. The summed E-state index contributed by atoms with van der Waals surface area (Å²) in [4.78, 5) is 24.1. The average molecular weight is 327 g/mol. The standard InChI is InChI=1S/C19H25N3O2/c1-6-18(23)20-16-9-7-15(8-10-16)19(24)22-14(5)17(11-12(2)3)13(4)21-22/h7-10,12H,6,11H2,1-5H3,(H,20,23). The zero-order valence-electron chi connectivity index (χ0n) is 15.0. The van der Waals surface area contributed by atoms with Crippen molar-refractivity contribution in [2.45, 2.75) is 47.5 Å². The predicted octanol–water partition coefficient (Wildman–Crippen LogP) is 3.74. The third-order valence-electron chi connectivity index (χ3n) is 3.98. The lowest BCUT2D eigenvalue weighted by Gasteiger charge is -2.07. The number of amides is 1. The van der Waals surface area contributed by atoms with Crippen LogP contribution in [-0.2, 0) is 11.2 Å². The molecule has 2 aromatic rings. The molecule has 5 heteroatoms. The Morgan fingerprint density at radius 1 is 1.17 bits per heavy atom. The number of carbonyl (C=O) groups is 2. The number of nitrogens with zero attached hydrogens (tertiary/aromatic N) is 2. The molecule has 1 aromatic carbocycles. The topological polar surface area (TPSA) is 64.0 Å². The van der Waals surface area contributed by atoms with Crippen molar-refractivity contribution in [3.8, 4) is 0 Å². The first-order chi connectivity index (χ1) is 11.3. The lowest BCUT2D eigenvalue weighted by molar-refractivity contribution is -0.115. The summed E-state index contributed by atoms with van der Waals surface area (Å²) in [6.45, 7) is 9.98. The van der Waals surface area contributed by atoms with E-state index in [9.17, 15) is 9.59 Å². The van der Waals surface area contributed by atoms with Crippen LogP contribution in [0, 0.1) is 19.8 Å². The fourth-order valence-electron chi connectivity index (χ4n) is 2.64. The summed E-state index contributed by atoms with van der Waals surface area (Å²) in [5, 5.41) is 7.19. The van der Waals surface area contributed by atoms with E-state index in [-0.39, 0.29) is 11.8 Å². The van der Waals surface area contributed by atoms with E-state index in [0.717, 1.165) is 23.4 Å². The van der Waals surface area contributed by atoms with Gasteiger partial charge in [0.25, 0.3) is 5.91 Å². The number of hydrogen-bond donors (Lipinski definition) is 1. The summed E-state index contributed by atoms with van der Waals surface area (Å²) in [6.07, 6.45) is 1.33. The monoisotopic (exact) mass is 327 g/mol. The Morgan fingerprint density at radius 3 is 2.33 bits per heavy atom. The molecule has 0 atom stereocenters. The van der Waals surface area contributed by atoms with Crippen molar-refractivity contribution in [1.82, 2.24) is 9.78 Å². The molecule has 0 bridgehead atoms. The van der Waals surface area contributed by atoms with E-state index in [2.05, 4.69) is 24.3 Å². The van der Waals surface area contributed by atoms with Gasteiger partial charge in [0.15, 0.2) is 0 Å². The molecule has 0 aliphatic heterocycles. The van der Waals surface area contributed by atoms with Gasteiger partial charge in [-0.05, 0) is 56.0 Å². The molecule has 0 saturated heterocycles. The molecule has 0 aliphatic rings. The second kappa shape index (κ2) is 7.43. The Morgan fingerprint density at radius 2 is 1.79 bits per heavy atom. The van der Waals surface area contributed by atoms with Gasteiger partial charge in [-0.1, -0.05) is 20.8 Å². The fourth-order valence-corrected chi connectivity index (χ4v) is 2.64. The molecule has 0 aliphatic carbocycles. The highest BCUT2D eigenvalue weighted by molar-refractivity contribution is 5.97. The molecule has 5 nitrogen and oxygen atoms in total. The van der Waals surface area contributed by atoms with Gasteiger partial charge < -0.3 is 5.32 Å². The highest BCUT2D eigenvalue weighted by atomic mass is 16.2. The summed E-state index contributed by atoms with van der Waals surface area (Å²) < 4.78 is 1.48. The molecule has 0 spiro atoms. The largest absolute Gasteiger partial charge is 0.326 e. The second-order valence-corrected chi connectivity index (χ2v) is 6.44. The number of aromatic nitrogens is 2. The molecule has 0 fully saturated rings.